The van der Waals surface area contributed by atoms with Crippen molar-refractivity contribution in [2.75, 3.05) is 31.4 Å². The number of anilines is 3. The second-order valence-corrected chi connectivity index (χ2v) is 12.0. The number of hydrogen-bond acceptors (Lipinski definition) is 6. The maximum absolute atomic E-state index is 13.8. The number of para-hydroxylation sites is 1. The average Bonchev–Trinajstić information content (AvgIpc) is 3.29. The molecule has 2 aliphatic rings. The third-order valence-electron chi connectivity index (χ3n) is 7.88. The zero-order valence-corrected chi connectivity index (χ0v) is 24.2. The summed E-state index contributed by atoms with van der Waals surface area (Å²) in [6.45, 7) is 1.49. The Bertz CT molecular complexity index is 1520. The van der Waals surface area contributed by atoms with Gasteiger partial charge in [0.05, 0.1) is 20.3 Å². The molecule has 0 bridgehead atoms. The van der Waals surface area contributed by atoms with Crippen LogP contribution in [0.2, 0.25) is 0 Å². The Kier molecular flexibility index (Phi) is 8.16. The van der Waals surface area contributed by atoms with Crippen LogP contribution >= 0.6 is 11.8 Å². The van der Waals surface area contributed by atoms with Gasteiger partial charge in [0, 0.05) is 40.3 Å². The van der Waals surface area contributed by atoms with Gasteiger partial charge in [-0.3, -0.25) is 9.69 Å². The first kappa shape index (κ1) is 27.2. The van der Waals surface area contributed by atoms with Crippen molar-refractivity contribution in [1.29, 1.82) is 0 Å². The fourth-order valence-corrected chi connectivity index (χ4v) is 6.96. The number of hydrogen-bond donors (Lipinski definition) is 2. The van der Waals surface area contributed by atoms with E-state index in [9.17, 15) is 4.79 Å². The predicted molar refractivity (Wildman–Crippen MR) is 167 cm³/mol. The van der Waals surface area contributed by atoms with Gasteiger partial charge in [-0.1, -0.05) is 36.4 Å². The number of benzene rings is 4. The number of carbonyl (C=O) groups excluding carboxylic acids is 1. The normalized spacial score (nSPS) is 18.0. The highest BCUT2D eigenvalue weighted by molar-refractivity contribution is 8.00. The molecule has 1 saturated heterocycles. The van der Waals surface area contributed by atoms with Gasteiger partial charge in [-0.2, -0.15) is 0 Å². The number of fused-ring (bicyclic) bond motifs is 2. The SMILES string of the molecule is COc1ccc(S[C@@H]2C[C@@H](C(=O)Nc3ccc4c(c3)Nc3ccccc3CC4)N(Cc3cccc(OC)c3)C2)cc1. The molecule has 2 atom stereocenters. The van der Waals surface area contributed by atoms with Gasteiger partial charge in [0.1, 0.15) is 11.5 Å². The largest absolute Gasteiger partial charge is 0.497 e. The minimum absolute atomic E-state index is 0.0275. The zero-order chi connectivity index (χ0) is 28.2. The van der Waals surface area contributed by atoms with E-state index in [1.165, 1.54) is 16.0 Å². The standard InChI is InChI=1S/C34H35N3O3S/c1-39-27-14-16-29(17-15-27)41-30-20-33(37(22-30)21-23-6-5-8-28(18-23)40-2)34(38)35-26-13-12-25-11-10-24-7-3-4-9-31(24)36-32(25)19-26/h3-9,12-19,30,33,36H,10-11,20-22H2,1-2H3,(H,35,38)/t30-,33+/m1/s1. The van der Waals surface area contributed by atoms with E-state index in [2.05, 4.69) is 76.2 Å². The van der Waals surface area contributed by atoms with Crippen LogP contribution in [0, 0.1) is 0 Å². The summed E-state index contributed by atoms with van der Waals surface area (Å²) in [4.78, 5) is 17.3. The van der Waals surface area contributed by atoms with Gasteiger partial charge in [-0.15, -0.1) is 11.8 Å². The van der Waals surface area contributed by atoms with Crippen LogP contribution in [0.5, 0.6) is 11.5 Å². The van der Waals surface area contributed by atoms with Crippen molar-refractivity contribution in [1.82, 2.24) is 4.90 Å². The molecule has 0 spiro atoms. The number of rotatable bonds is 8. The Labute approximate surface area is 246 Å². The third-order valence-corrected chi connectivity index (χ3v) is 9.10. The smallest absolute Gasteiger partial charge is 0.241 e. The second-order valence-electron chi connectivity index (χ2n) is 10.6. The number of nitrogens with zero attached hydrogens (tertiary/aromatic N) is 1. The van der Waals surface area contributed by atoms with Gasteiger partial charge in [0.25, 0.3) is 0 Å². The molecule has 0 aromatic heterocycles. The van der Waals surface area contributed by atoms with E-state index >= 15 is 0 Å². The van der Waals surface area contributed by atoms with Crippen LogP contribution < -0.4 is 20.1 Å². The van der Waals surface area contributed by atoms with Crippen molar-refractivity contribution in [2.24, 2.45) is 0 Å². The molecule has 210 valence electrons. The van der Waals surface area contributed by atoms with E-state index in [4.69, 9.17) is 9.47 Å². The summed E-state index contributed by atoms with van der Waals surface area (Å²) in [7, 11) is 3.36. The number of likely N-dealkylation sites (tertiary alicyclic amines) is 1. The van der Waals surface area contributed by atoms with Crippen LogP contribution in [0.3, 0.4) is 0 Å². The minimum atomic E-state index is -0.246. The van der Waals surface area contributed by atoms with Crippen LogP contribution in [-0.2, 0) is 24.2 Å². The number of ether oxygens (including phenoxy) is 2. The number of methoxy groups -OCH3 is 2. The topological polar surface area (TPSA) is 62.8 Å². The van der Waals surface area contributed by atoms with Crippen LogP contribution in [0.1, 0.15) is 23.1 Å². The van der Waals surface area contributed by atoms with Gasteiger partial charge in [-0.05, 0) is 90.6 Å². The maximum atomic E-state index is 13.8. The van der Waals surface area contributed by atoms with Crippen molar-refractivity contribution in [3.05, 3.63) is 108 Å². The predicted octanol–water partition coefficient (Wildman–Crippen LogP) is 6.92. The van der Waals surface area contributed by atoms with Crippen LogP contribution in [0.15, 0.2) is 95.9 Å². The van der Waals surface area contributed by atoms with Gasteiger partial charge in [-0.25, -0.2) is 0 Å². The molecule has 7 heteroatoms. The molecule has 2 heterocycles. The Morgan fingerprint density at radius 2 is 1.66 bits per heavy atom. The van der Waals surface area contributed by atoms with Crippen LogP contribution in [0.4, 0.5) is 17.1 Å². The summed E-state index contributed by atoms with van der Waals surface area (Å²) in [5.41, 5.74) is 6.71. The summed E-state index contributed by atoms with van der Waals surface area (Å²) >= 11 is 1.82. The van der Waals surface area contributed by atoms with Gasteiger partial charge < -0.3 is 20.1 Å². The quantitative estimate of drug-likeness (QED) is 0.242. The number of nitrogens with one attached hydrogen (secondary N) is 2. The molecule has 0 radical (unpaired) electrons. The molecule has 6 rings (SSSR count). The van der Waals surface area contributed by atoms with E-state index in [0.717, 1.165) is 59.9 Å². The fraction of sp³-hybridized carbons (Fsp3) is 0.265. The molecule has 4 aromatic carbocycles. The lowest BCUT2D eigenvalue weighted by Crippen LogP contribution is -2.39. The van der Waals surface area contributed by atoms with Crippen molar-refractivity contribution in [2.45, 2.75) is 42.0 Å². The van der Waals surface area contributed by atoms with Crippen LogP contribution in [-0.4, -0.2) is 42.9 Å². The van der Waals surface area contributed by atoms with E-state index in [-0.39, 0.29) is 17.2 Å². The minimum Gasteiger partial charge on any atom is -0.497 e. The first-order valence-corrected chi connectivity index (χ1v) is 14.9. The molecule has 0 saturated carbocycles. The first-order valence-electron chi connectivity index (χ1n) is 14.0. The van der Waals surface area contributed by atoms with Crippen molar-refractivity contribution in [3.63, 3.8) is 0 Å². The van der Waals surface area contributed by atoms with E-state index in [0.29, 0.717) is 6.54 Å². The van der Waals surface area contributed by atoms with E-state index in [1.54, 1.807) is 14.2 Å². The Morgan fingerprint density at radius 3 is 2.46 bits per heavy atom. The summed E-state index contributed by atoms with van der Waals surface area (Å²) in [6.07, 6.45) is 2.73. The number of thioether (sulfide) groups is 1. The molecule has 41 heavy (non-hydrogen) atoms. The van der Waals surface area contributed by atoms with E-state index in [1.807, 2.05) is 42.1 Å². The third kappa shape index (κ3) is 6.37. The van der Waals surface area contributed by atoms with Gasteiger partial charge in [0.2, 0.25) is 5.91 Å². The lowest BCUT2D eigenvalue weighted by molar-refractivity contribution is -0.120. The van der Waals surface area contributed by atoms with Gasteiger partial charge >= 0.3 is 0 Å². The van der Waals surface area contributed by atoms with Crippen LogP contribution in [0.25, 0.3) is 0 Å². The average molecular weight is 566 g/mol. The Hall–Kier alpha value is -3.94. The summed E-state index contributed by atoms with van der Waals surface area (Å²) in [5.74, 6) is 1.70. The van der Waals surface area contributed by atoms with E-state index < -0.39 is 0 Å². The number of carbonyl (C=O) groups is 1. The molecule has 0 aliphatic carbocycles. The Balaban J connectivity index is 1.20. The highest BCUT2D eigenvalue weighted by Gasteiger charge is 2.37. The summed E-state index contributed by atoms with van der Waals surface area (Å²) < 4.78 is 10.8. The molecule has 1 fully saturated rings. The second kappa shape index (κ2) is 12.3. The number of aryl methyl sites for hydroxylation is 2. The molecule has 0 unspecified atom stereocenters. The molecule has 4 aromatic rings. The summed E-state index contributed by atoms with van der Waals surface area (Å²) in [5, 5.41) is 7.13. The lowest BCUT2D eigenvalue weighted by Gasteiger charge is -2.24. The highest BCUT2D eigenvalue weighted by Crippen LogP contribution is 2.36. The monoisotopic (exact) mass is 565 g/mol. The maximum Gasteiger partial charge on any atom is 0.241 e. The van der Waals surface area contributed by atoms with Crippen molar-refractivity contribution >= 4 is 34.7 Å². The molecule has 2 N–H and O–H groups in total. The molecule has 6 nitrogen and oxygen atoms in total. The molecule has 1 amide bonds. The van der Waals surface area contributed by atoms with Gasteiger partial charge in [0.15, 0.2) is 0 Å². The molecular formula is C34H35N3O3S. The first-order chi connectivity index (χ1) is 20.1. The molecular weight excluding hydrogens is 530 g/mol. The fourth-order valence-electron chi connectivity index (χ4n) is 5.74. The van der Waals surface area contributed by atoms with Crippen molar-refractivity contribution in [3.8, 4) is 11.5 Å². The zero-order valence-electron chi connectivity index (χ0n) is 23.4. The number of amides is 1. The molecule has 2 aliphatic heterocycles. The van der Waals surface area contributed by atoms with Crippen molar-refractivity contribution < 1.29 is 14.3 Å². The summed E-state index contributed by atoms with van der Waals surface area (Å²) in [6, 6.07) is 30.7. The lowest BCUT2D eigenvalue weighted by atomic mass is 10.0. The highest BCUT2D eigenvalue weighted by atomic mass is 32.2. The Morgan fingerprint density at radius 1 is 0.878 bits per heavy atom.